The first-order valence-electron chi connectivity index (χ1n) is 11.1. The highest BCUT2D eigenvalue weighted by Crippen LogP contribution is 2.30. The zero-order valence-corrected chi connectivity index (χ0v) is 18.1. The molecule has 0 radical (unpaired) electrons. The Bertz CT molecular complexity index is 1170. The second-order valence-electron chi connectivity index (χ2n) is 8.36. The van der Waals surface area contributed by atoms with Gasteiger partial charge in [0.15, 0.2) is 0 Å². The van der Waals surface area contributed by atoms with E-state index in [2.05, 4.69) is 39.7 Å². The van der Waals surface area contributed by atoms with Gasteiger partial charge in [0, 0.05) is 35.9 Å². The fraction of sp³-hybridized carbons (Fsp3) is 0.375. The molecule has 1 unspecified atom stereocenters. The van der Waals surface area contributed by atoms with Crippen LogP contribution in [0.3, 0.4) is 0 Å². The number of nitrogens with zero attached hydrogens (tertiary/aromatic N) is 2. The maximum atomic E-state index is 12.8. The number of aromatic amines is 1. The zero-order valence-electron chi connectivity index (χ0n) is 18.1. The van der Waals surface area contributed by atoms with Crippen LogP contribution in [0.4, 0.5) is 11.5 Å². The number of hydrogen-bond donors (Lipinski definition) is 3. The number of fused-ring (bicyclic) bond motifs is 2. The molecular weight excluding hydrogens is 406 g/mol. The van der Waals surface area contributed by atoms with Gasteiger partial charge in [-0.1, -0.05) is 18.2 Å². The third-order valence-corrected chi connectivity index (χ3v) is 6.23. The van der Waals surface area contributed by atoms with Crippen LogP contribution < -0.4 is 15.5 Å². The van der Waals surface area contributed by atoms with Crippen LogP contribution in [0.15, 0.2) is 36.5 Å². The van der Waals surface area contributed by atoms with Crippen molar-refractivity contribution in [1.29, 1.82) is 0 Å². The highest BCUT2D eigenvalue weighted by atomic mass is 16.5. The van der Waals surface area contributed by atoms with Crippen LogP contribution in [-0.4, -0.2) is 54.1 Å². The van der Waals surface area contributed by atoms with Crippen molar-refractivity contribution in [3.05, 3.63) is 53.3 Å². The van der Waals surface area contributed by atoms with E-state index in [1.54, 1.807) is 17.2 Å². The van der Waals surface area contributed by atoms with Crippen LogP contribution in [0.1, 0.15) is 34.5 Å². The van der Waals surface area contributed by atoms with Crippen LogP contribution in [0.25, 0.3) is 10.9 Å². The van der Waals surface area contributed by atoms with Gasteiger partial charge in [-0.2, -0.15) is 0 Å². The number of pyridine rings is 1. The topological polar surface area (TPSA) is 99.3 Å². The number of nitrogens with one attached hydrogen (secondary N) is 3. The summed E-state index contributed by atoms with van der Waals surface area (Å²) in [5.41, 5.74) is 4.51. The van der Waals surface area contributed by atoms with Gasteiger partial charge in [0.05, 0.1) is 30.4 Å². The smallest absolute Gasteiger partial charge is 0.252 e. The standard InChI is InChI=1S/C24H27N5O3/c1-15-18(19-6-2-3-7-20(19)28-15)8-9-25-24(31)16-11-21-23(26-12-16)27-13-22(30)29(21)14-17-5-4-10-32-17/h2-3,6-7,11-12,17,28H,4-5,8-10,13-14H2,1H3,(H,25,31)(H,26,27). The lowest BCUT2D eigenvalue weighted by Gasteiger charge is -2.31. The largest absolute Gasteiger partial charge is 0.376 e. The first kappa shape index (κ1) is 20.5. The van der Waals surface area contributed by atoms with Gasteiger partial charge < -0.3 is 25.3 Å². The summed E-state index contributed by atoms with van der Waals surface area (Å²) in [5.74, 6) is 0.378. The average molecular weight is 434 g/mol. The molecule has 1 fully saturated rings. The SMILES string of the molecule is Cc1[nH]c2ccccc2c1CCNC(=O)c1cnc2c(c1)N(CC1CCCO1)C(=O)CN2. The molecular formula is C24H27N5O3. The molecule has 32 heavy (non-hydrogen) atoms. The summed E-state index contributed by atoms with van der Waals surface area (Å²) in [5, 5.41) is 7.22. The molecule has 1 aromatic carbocycles. The second-order valence-corrected chi connectivity index (χ2v) is 8.36. The minimum absolute atomic E-state index is 0.0294. The molecule has 3 N–H and O–H groups in total. The average Bonchev–Trinajstić information content (AvgIpc) is 3.43. The van der Waals surface area contributed by atoms with Gasteiger partial charge in [0.2, 0.25) is 5.91 Å². The van der Waals surface area contributed by atoms with E-state index in [1.807, 2.05) is 12.1 Å². The van der Waals surface area contributed by atoms with Crippen LogP contribution >= 0.6 is 0 Å². The van der Waals surface area contributed by atoms with Crippen molar-refractivity contribution < 1.29 is 14.3 Å². The van der Waals surface area contributed by atoms with E-state index in [4.69, 9.17) is 4.74 Å². The van der Waals surface area contributed by atoms with Gasteiger partial charge in [-0.15, -0.1) is 0 Å². The molecule has 0 saturated carbocycles. The number of hydrogen-bond acceptors (Lipinski definition) is 5. The van der Waals surface area contributed by atoms with E-state index in [-0.39, 0.29) is 24.5 Å². The Balaban J connectivity index is 1.28. The first-order chi connectivity index (χ1) is 15.6. The number of aromatic nitrogens is 2. The molecule has 2 amide bonds. The number of anilines is 2. The maximum absolute atomic E-state index is 12.8. The number of amides is 2. The number of aryl methyl sites for hydroxylation is 1. The van der Waals surface area contributed by atoms with Gasteiger partial charge in [0.1, 0.15) is 5.82 Å². The van der Waals surface area contributed by atoms with Gasteiger partial charge in [0.25, 0.3) is 5.91 Å². The molecule has 2 aliphatic rings. The van der Waals surface area contributed by atoms with Crippen LogP contribution in [0.5, 0.6) is 0 Å². The van der Waals surface area contributed by atoms with Gasteiger partial charge in [-0.3, -0.25) is 9.59 Å². The molecule has 2 aliphatic heterocycles. The first-order valence-corrected chi connectivity index (χ1v) is 11.1. The Morgan fingerprint density at radius 2 is 2.22 bits per heavy atom. The van der Waals surface area contributed by atoms with Gasteiger partial charge in [-0.05, 0) is 43.9 Å². The Hall–Kier alpha value is -3.39. The normalized spacial score (nSPS) is 18.0. The lowest BCUT2D eigenvalue weighted by atomic mass is 10.1. The predicted octanol–water partition coefficient (Wildman–Crippen LogP) is 2.78. The monoisotopic (exact) mass is 433 g/mol. The Labute approximate surface area is 186 Å². The number of ether oxygens (including phenoxy) is 1. The van der Waals surface area contributed by atoms with Crippen molar-refractivity contribution >= 4 is 34.2 Å². The molecule has 1 saturated heterocycles. The van der Waals surface area contributed by atoms with Crippen molar-refractivity contribution in [3.63, 3.8) is 0 Å². The van der Waals surface area contributed by atoms with Crippen LogP contribution in [-0.2, 0) is 16.0 Å². The van der Waals surface area contributed by atoms with E-state index in [0.717, 1.165) is 37.1 Å². The Morgan fingerprint density at radius 3 is 3.06 bits per heavy atom. The number of carbonyl (C=O) groups excluding carboxylic acids is 2. The molecule has 8 nitrogen and oxygen atoms in total. The summed E-state index contributed by atoms with van der Waals surface area (Å²) in [7, 11) is 0. The Kier molecular flexibility index (Phi) is 5.53. The van der Waals surface area contributed by atoms with Crippen molar-refractivity contribution in [1.82, 2.24) is 15.3 Å². The van der Waals surface area contributed by atoms with Crippen molar-refractivity contribution in [3.8, 4) is 0 Å². The quantitative estimate of drug-likeness (QED) is 0.555. The second kappa shape index (κ2) is 8.63. The van der Waals surface area contributed by atoms with Crippen molar-refractivity contribution in [2.45, 2.75) is 32.3 Å². The number of benzene rings is 1. The van der Waals surface area contributed by atoms with E-state index in [1.165, 1.54) is 10.9 Å². The number of H-pyrrole nitrogens is 1. The summed E-state index contributed by atoms with van der Waals surface area (Å²) >= 11 is 0. The molecule has 1 atom stereocenters. The number of para-hydroxylation sites is 1. The molecule has 0 aliphatic carbocycles. The van der Waals surface area contributed by atoms with Crippen LogP contribution in [0.2, 0.25) is 0 Å². The molecule has 5 rings (SSSR count). The predicted molar refractivity (Wildman–Crippen MR) is 123 cm³/mol. The third-order valence-electron chi connectivity index (χ3n) is 6.23. The summed E-state index contributed by atoms with van der Waals surface area (Å²) in [6.45, 7) is 3.98. The third kappa shape index (κ3) is 3.93. The Morgan fingerprint density at radius 1 is 1.34 bits per heavy atom. The highest BCUT2D eigenvalue weighted by Gasteiger charge is 2.29. The maximum Gasteiger partial charge on any atom is 0.252 e. The van der Waals surface area contributed by atoms with E-state index in [0.29, 0.717) is 30.2 Å². The number of carbonyl (C=O) groups is 2. The zero-order chi connectivity index (χ0) is 22.1. The minimum Gasteiger partial charge on any atom is -0.376 e. The lowest BCUT2D eigenvalue weighted by molar-refractivity contribution is -0.117. The van der Waals surface area contributed by atoms with E-state index in [9.17, 15) is 9.59 Å². The van der Waals surface area contributed by atoms with Gasteiger partial charge in [-0.25, -0.2) is 4.98 Å². The fourth-order valence-electron chi connectivity index (χ4n) is 4.56. The summed E-state index contributed by atoms with van der Waals surface area (Å²) in [4.78, 5) is 34.9. The molecule has 166 valence electrons. The number of rotatable bonds is 6. The molecule has 0 spiro atoms. The minimum atomic E-state index is -0.201. The summed E-state index contributed by atoms with van der Waals surface area (Å²) in [6.07, 6.45) is 4.26. The summed E-state index contributed by atoms with van der Waals surface area (Å²) < 4.78 is 5.71. The molecule has 3 aromatic rings. The highest BCUT2D eigenvalue weighted by molar-refractivity contribution is 6.04. The van der Waals surface area contributed by atoms with Crippen molar-refractivity contribution in [2.24, 2.45) is 0 Å². The lowest BCUT2D eigenvalue weighted by Crippen LogP contribution is -2.44. The van der Waals surface area contributed by atoms with E-state index >= 15 is 0 Å². The molecule has 4 heterocycles. The van der Waals surface area contributed by atoms with Crippen molar-refractivity contribution in [2.75, 3.05) is 36.5 Å². The van der Waals surface area contributed by atoms with Gasteiger partial charge >= 0.3 is 0 Å². The van der Waals surface area contributed by atoms with Crippen LogP contribution in [0, 0.1) is 6.92 Å². The van der Waals surface area contributed by atoms with E-state index < -0.39 is 0 Å². The molecule has 8 heteroatoms. The summed E-state index contributed by atoms with van der Waals surface area (Å²) in [6, 6.07) is 9.92. The molecule has 0 bridgehead atoms. The molecule has 2 aromatic heterocycles. The fourth-order valence-corrected chi connectivity index (χ4v) is 4.56.